The number of nitrogens with one attached hydrogen (secondary N) is 1. The van der Waals surface area contributed by atoms with E-state index in [1.807, 2.05) is 13.0 Å². The molecule has 0 aliphatic carbocycles. The molecule has 0 aromatic rings. The van der Waals surface area contributed by atoms with Crippen molar-refractivity contribution < 1.29 is 0 Å². The molecule has 0 fully saturated rings. The van der Waals surface area contributed by atoms with Gasteiger partial charge in [0.2, 0.25) is 0 Å². The van der Waals surface area contributed by atoms with Gasteiger partial charge in [-0.15, -0.1) is 5.10 Å². The standard InChI is InChI=1S/C6H6N4/c1-4-6-5(2-3-7-6)9-10-8-4/h2-3H,1H3,(H,8,9). The van der Waals surface area contributed by atoms with Crippen LogP contribution in [0.1, 0.15) is 5.69 Å². The summed E-state index contributed by atoms with van der Waals surface area (Å²) >= 11 is 0. The zero-order chi connectivity index (χ0) is 6.97. The lowest BCUT2D eigenvalue weighted by atomic mass is 10.3. The van der Waals surface area contributed by atoms with Crippen LogP contribution < -0.4 is 0 Å². The fourth-order valence-corrected chi connectivity index (χ4v) is 0.915. The van der Waals surface area contributed by atoms with Crippen LogP contribution in [0.5, 0.6) is 0 Å². The van der Waals surface area contributed by atoms with Gasteiger partial charge >= 0.3 is 0 Å². The highest BCUT2D eigenvalue weighted by molar-refractivity contribution is 5.56. The predicted octanol–water partition coefficient (Wildman–Crippen LogP) is 0.613. The highest BCUT2D eigenvalue weighted by Gasteiger charge is 2.06. The largest absolute Gasteiger partial charge is 0.257 e. The number of rotatable bonds is 0. The van der Waals surface area contributed by atoms with Crippen LogP contribution in [0.2, 0.25) is 0 Å². The van der Waals surface area contributed by atoms with E-state index in [2.05, 4.69) is 20.4 Å². The normalized spacial score (nSPS) is 10.5. The molecule has 1 N–H and O–H groups in total. The molecule has 2 heterocycles. The van der Waals surface area contributed by atoms with Crippen LogP contribution in [0, 0.1) is 6.92 Å². The Hall–Kier alpha value is -1.45. The highest BCUT2D eigenvalue weighted by atomic mass is 15.3. The van der Waals surface area contributed by atoms with E-state index in [9.17, 15) is 0 Å². The zero-order valence-corrected chi connectivity index (χ0v) is 5.50. The van der Waals surface area contributed by atoms with Crippen LogP contribution in [0.15, 0.2) is 12.3 Å². The minimum Gasteiger partial charge on any atom is -0.257 e. The van der Waals surface area contributed by atoms with Crippen LogP contribution in [0.25, 0.3) is 11.4 Å². The van der Waals surface area contributed by atoms with Gasteiger partial charge in [0.15, 0.2) is 0 Å². The summed E-state index contributed by atoms with van der Waals surface area (Å²) in [6.07, 6.45) is 1.73. The second-order valence-corrected chi connectivity index (χ2v) is 2.10. The molecule has 0 bridgehead atoms. The third-order valence-electron chi connectivity index (χ3n) is 1.41. The molecule has 2 aliphatic heterocycles. The average molecular weight is 134 g/mol. The Labute approximate surface area is 57.6 Å². The van der Waals surface area contributed by atoms with Crippen molar-refractivity contribution in [2.75, 3.05) is 0 Å². The summed E-state index contributed by atoms with van der Waals surface area (Å²) in [5.74, 6) is 0. The van der Waals surface area contributed by atoms with Gasteiger partial charge in [0, 0.05) is 6.20 Å². The second kappa shape index (κ2) is 1.76. The number of hydrogen-bond acceptors (Lipinski definition) is 3. The van der Waals surface area contributed by atoms with Gasteiger partial charge in [0.05, 0.1) is 11.4 Å². The van der Waals surface area contributed by atoms with E-state index in [4.69, 9.17) is 0 Å². The van der Waals surface area contributed by atoms with Gasteiger partial charge in [-0.05, 0) is 13.0 Å². The number of aromatic nitrogens is 4. The molecule has 0 amide bonds. The Morgan fingerprint density at radius 3 is 3.20 bits per heavy atom. The monoisotopic (exact) mass is 134 g/mol. The lowest BCUT2D eigenvalue weighted by molar-refractivity contribution is 0.840. The molecule has 0 radical (unpaired) electrons. The molecule has 0 spiro atoms. The summed E-state index contributed by atoms with van der Waals surface area (Å²) in [7, 11) is 0. The minimum absolute atomic E-state index is 0.860. The maximum Gasteiger partial charge on any atom is 0.111 e. The van der Waals surface area contributed by atoms with Gasteiger partial charge < -0.3 is 0 Å². The Kier molecular flexibility index (Phi) is 0.943. The first-order valence-corrected chi connectivity index (χ1v) is 3.00. The van der Waals surface area contributed by atoms with E-state index >= 15 is 0 Å². The minimum atomic E-state index is 0.860. The van der Waals surface area contributed by atoms with Crippen molar-refractivity contribution in [1.82, 2.24) is 20.4 Å². The molecule has 10 heavy (non-hydrogen) atoms. The third kappa shape index (κ3) is 0.586. The molecule has 2 aliphatic rings. The van der Waals surface area contributed by atoms with Crippen LogP contribution in [0.3, 0.4) is 0 Å². The molecule has 0 saturated heterocycles. The van der Waals surface area contributed by atoms with Gasteiger partial charge in [-0.2, -0.15) is 0 Å². The number of nitrogens with zero attached hydrogens (tertiary/aromatic N) is 3. The van der Waals surface area contributed by atoms with E-state index < -0.39 is 0 Å². The maximum absolute atomic E-state index is 4.08. The fourth-order valence-electron chi connectivity index (χ4n) is 0.915. The van der Waals surface area contributed by atoms with Gasteiger partial charge in [-0.25, -0.2) is 0 Å². The van der Waals surface area contributed by atoms with E-state index in [0.29, 0.717) is 0 Å². The first-order valence-electron chi connectivity index (χ1n) is 3.00. The van der Waals surface area contributed by atoms with Gasteiger partial charge in [-0.1, -0.05) is 5.21 Å². The summed E-state index contributed by atoms with van der Waals surface area (Å²) < 4.78 is 0. The molecule has 0 unspecified atom stereocenters. The molecular formula is C6H6N4. The van der Waals surface area contributed by atoms with E-state index in [0.717, 1.165) is 17.1 Å². The lowest BCUT2D eigenvalue weighted by Crippen LogP contribution is -1.95. The van der Waals surface area contributed by atoms with Crippen molar-refractivity contribution in [2.24, 2.45) is 0 Å². The predicted molar refractivity (Wildman–Crippen MR) is 35.5 cm³/mol. The van der Waals surface area contributed by atoms with Crippen LogP contribution >= 0.6 is 0 Å². The molecular weight excluding hydrogens is 128 g/mol. The Morgan fingerprint density at radius 1 is 1.50 bits per heavy atom. The van der Waals surface area contributed by atoms with Gasteiger partial charge in [-0.3, -0.25) is 10.1 Å². The summed E-state index contributed by atoms with van der Waals surface area (Å²) in [5, 5.41) is 10.2. The lowest BCUT2D eigenvalue weighted by Gasteiger charge is -1.96. The number of aromatic amines is 1. The fraction of sp³-hybridized carbons (Fsp3) is 0.167. The van der Waals surface area contributed by atoms with Crippen molar-refractivity contribution in [1.29, 1.82) is 0 Å². The van der Waals surface area contributed by atoms with Crippen LogP contribution in [-0.2, 0) is 0 Å². The summed E-state index contributed by atoms with van der Waals surface area (Å²) in [4.78, 5) is 4.08. The van der Waals surface area contributed by atoms with Crippen molar-refractivity contribution >= 4 is 0 Å². The van der Waals surface area contributed by atoms with Crippen molar-refractivity contribution in [3.8, 4) is 11.4 Å². The van der Waals surface area contributed by atoms with Crippen LogP contribution in [0.4, 0.5) is 0 Å². The first kappa shape index (κ1) is 5.34. The van der Waals surface area contributed by atoms with Crippen molar-refractivity contribution in [3.63, 3.8) is 0 Å². The third-order valence-corrected chi connectivity index (χ3v) is 1.41. The topological polar surface area (TPSA) is 54.5 Å². The van der Waals surface area contributed by atoms with Gasteiger partial charge in [0.1, 0.15) is 5.69 Å². The Balaban J connectivity index is 2.80. The van der Waals surface area contributed by atoms with Crippen molar-refractivity contribution in [2.45, 2.75) is 6.92 Å². The summed E-state index contributed by atoms with van der Waals surface area (Å²) in [5.41, 5.74) is 2.70. The molecule has 0 atom stereocenters. The number of fused-ring (bicyclic) bond motifs is 1. The van der Waals surface area contributed by atoms with E-state index in [1.165, 1.54) is 0 Å². The average Bonchev–Trinajstić information content (AvgIpc) is 2.36. The Bertz CT molecular complexity index is 314. The molecule has 0 saturated carbocycles. The highest BCUT2D eigenvalue weighted by Crippen LogP contribution is 2.16. The molecule has 50 valence electrons. The van der Waals surface area contributed by atoms with Crippen LogP contribution in [-0.4, -0.2) is 20.4 Å². The zero-order valence-electron chi connectivity index (χ0n) is 5.50. The SMILES string of the molecule is Cc1nn[nH]c2ccnc1-2. The maximum atomic E-state index is 4.08. The smallest absolute Gasteiger partial charge is 0.111 e. The molecule has 4 heteroatoms. The van der Waals surface area contributed by atoms with Gasteiger partial charge in [0.25, 0.3) is 0 Å². The summed E-state index contributed by atoms with van der Waals surface area (Å²) in [6.45, 7) is 1.89. The van der Waals surface area contributed by atoms with E-state index in [-0.39, 0.29) is 0 Å². The molecule has 2 rings (SSSR count). The van der Waals surface area contributed by atoms with E-state index in [1.54, 1.807) is 6.20 Å². The number of H-pyrrole nitrogens is 1. The molecule has 4 nitrogen and oxygen atoms in total. The quantitative estimate of drug-likeness (QED) is 0.574. The second-order valence-electron chi connectivity index (χ2n) is 2.10. The molecule has 0 aromatic carbocycles. The number of hydrogen-bond donors (Lipinski definition) is 1. The Morgan fingerprint density at radius 2 is 2.40 bits per heavy atom. The summed E-state index contributed by atoms with van der Waals surface area (Å²) in [6, 6.07) is 1.87. The molecule has 0 aromatic heterocycles. The number of aryl methyl sites for hydroxylation is 1. The van der Waals surface area contributed by atoms with Crippen molar-refractivity contribution in [3.05, 3.63) is 18.0 Å². The first-order chi connectivity index (χ1) is 4.88.